The fourth-order valence-electron chi connectivity index (χ4n) is 4.27. The van der Waals surface area contributed by atoms with Gasteiger partial charge in [-0.05, 0) is 44.6 Å². The minimum atomic E-state index is -0.301. The van der Waals surface area contributed by atoms with Crippen molar-refractivity contribution in [2.75, 3.05) is 26.2 Å². The molecule has 0 radical (unpaired) electrons. The quantitative estimate of drug-likeness (QED) is 0.803. The van der Waals surface area contributed by atoms with Crippen LogP contribution in [0.1, 0.15) is 38.3 Å². The largest absolute Gasteiger partial charge is 0.363 e. The van der Waals surface area contributed by atoms with E-state index in [-0.39, 0.29) is 30.1 Å². The summed E-state index contributed by atoms with van der Waals surface area (Å²) >= 11 is 0. The van der Waals surface area contributed by atoms with E-state index >= 15 is 0 Å². The molecule has 0 bridgehead atoms. The van der Waals surface area contributed by atoms with Gasteiger partial charge < -0.3 is 14.5 Å². The molecule has 1 spiro atoms. The molecule has 2 saturated heterocycles. The highest BCUT2D eigenvalue weighted by atomic mass is 16.5. The number of amides is 2. The Balaban J connectivity index is 1.37. The third kappa shape index (κ3) is 3.37. The van der Waals surface area contributed by atoms with Crippen molar-refractivity contribution < 1.29 is 14.3 Å². The highest BCUT2D eigenvalue weighted by molar-refractivity contribution is 5.79. The summed E-state index contributed by atoms with van der Waals surface area (Å²) in [6, 6.07) is 1.97. The van der Waals surface area contributed by atoms with Crippen molar-refractivity contribution in [3.63, 3.8) is 0 Å². The first-order valence-electron chi connectivity index (χ1n) is 9.66. The van der Waals surface area contributed by atoms with E-state index in [9.17, 15) is 9.59 Å². The Morgan fingerprint density at radius 1 is 1.35 bits per heavy atom. The molecule has 0 aromatic carbocycles. The van der Waals surface area contributed by atoms with Crippen molar-refractivity contribution in [2.45, 2.75) is 50.7 Å². The van der Waals surface area contributed by atoms with Gasteiger partial charge in [-0.3, -0.25) is 14.3 Å². The van der Waals surface area contributed by atoms with E-state index in [1.54, 1.807) is 4.68 Å². The lowest BCUT2D eigenvalue weighted by Gasteiger charge is -2.51. The number of morpholine rings is 1. The lowest BCUT2D eigenvalue weighted by molar-refractivity contribution is -0.188. The lowest BCUT2D eigenvalue weighted by Crippen LogP contribution is -2.64. The molecule has 3 fully saturated rings. The Bertz CT molecular complexity index is 689. The summed E-state index contributed by atoms with van der Waals surface area (Å²) in [6.07, 6.45) is 6.25. The second-order valence-corrected chi connectivity index (χ2v) is 8.06. The Morgan fingerprint density at radius 3 is 2.69 bits per heavy atom. The number of hydrogen-bond donors (Lipinski definition) is 0. The van der Waals surface area contributed by atoms with Crippen molar-refractivity contribution in [1.82, 2.24) is 19.6 Å². The van der Waals surface area contributed by atoms with E-state index in [0.717, 1.165) is 25.1 Å². The third-order valence-corrected chi connectivity index (χ3v) is 6.25. The summed E-state index contributed by atoms with van der Waals surface area (Å²) in [5, 5.41) is 4.29. The monoisotopic (exact) mass is 360 g/mol. The van der Waals surface area contributed by atoms with Gasteiger partial charge in [0.25, 0.3) is 0 Å². The van der Waals surface area contributed by atoms with Crippen LogP contribution in [0.15, 0.2) is 12.3 Å². The van der Waals surface area contributed by atoms with Crippen molar-refractivity contribution in [2.24, 2.45) is 13.0 Å². The van der Waals surface area contributed by atoms with E-state index in [1.165, 1.54) is 12.8 Å². The average Bonchev–Trinajstić information content (AvgIpc) is 3.36. The number of aromatic nitrogens is 2. The molecule has 26 heavy (non-hydrogen) atoms. The van der Waals surface area contributed by atoms with Gasteiger partial charge in [-0.2, -0.15) is 5.10 Å². The van der Waals surface area contributed by atoms with Gasteiger partial charge in [0.05, 0.1) is 23.8 Å². The highest BCUT2D eigenvalue weighted by Crippen LogP contribution is 2.38. The number of ether oxygens (including phenoxy) is 1. The molecule has 2 aliphatic heterocycles. The SMILES string of the molecule is CC1N(CC2CC2)C(=O)COC12CCN(C(=O)Cc1ccn(C)n1)CC2. The molecular weight excluding hydrogens is 332 g/mol. The van der Waals surface area contributed by atoms with E-state index in [4.69, 9.17) is 4.74 Å². The normalized spacial score (nSPS) is 25.8. The summed E-state index contributed by atoms with van der Waals surface area (Å²) in [7, 11) is 1.86. The fraction of sp³-hybridized carbons (Fsp3) is 0.737. The van der Waals surface area contributed by atoms with Crippen LogP contribution >= 0.6 is 0 Å². The number of nitrogens with zero attached hydrogens (tertiary/aromatic N) is 4. The van der Waals surface area contributed by atoms with Gasteiger partial charge >= 0.3 is 0 Å². The van der Waals surface area contributed by atoms with Gasteiger partial charge in [0.1, 0.15) is 6.61 Å². The molecule has 1 saturated carbocycles. The molecule has 4 rings (SSSR count). The first kappa shape index (κ1) is 17.5. The molecular formula is C19H28N4O3. The van der Waals surface area contributed by atoms with Gasteiger partial charge in [0, 0.05) is 32.9 Å². The Labute approximate surface area is 154 Å². The second-order valence-electron chi connectivity index (χ2n) is 8.06. The minimum Gasteiger partial charge on any atom is -0.363 e. The van der Waals surface area contributed by atoms with Crippen molar-refractivity contribution in [3.8, 4) is 0 Å². The summed E-state index contributed by atoms with van der Waals surface area (Å²) in [4.78, 5) is 28.8. The zero-order chi connectivity index (χ0) is 18.3. The van der Waals surface area contributed by atoms with Crippen LogP contribution in [-0.4, -0.2) is 69.3 Å². The molecule has 1 aliphatic carbocycles. The van der Waals surface area contributed by atoms with Gasteiger partial charge in [0.15, 0.2) is 0 Å². The topological polar surface area (TPSA) is 67.7 Å². The maximum atomic E-state index is 12.6. The van der Waals surface area contributed by atoms with Crippen molar-refractivity contribution in [1.29, 1.82) is 0 Å². The second kappa shape index (κ2) is 6.68. The number of rotatable bonds is 4. The van der Waals surface area contributed by atoms with Crippen LogP contribution in [0, 0.1) is 5.92 Å². The summed E-state index contributed by atoms with van der Waals surface area (Å²) in [5.41, 5.74) is 0.506. The average molecular weight is 360 g/mol. The molecule has 2 amide bonds. The molecule has 142 valence electrons. The summed E-state index contributed by atoms with van der Waals surface area (Å²) in [5.74, 6) is 0.910. The molecule has 1 aromatic rings. The first-order chi connectivity index (χ1) is 12.5. The van der Waals surface area contributed by atoms with Gasteiger partial charge in [0.2, 0.25) is 11.8 Å². The lowest BCUT2D eigenvalue weighted by atomic mass is 9.82. The predicted molar refractivity (Wildman–Crippen MR) is 95.3 cm³/mol. The summed E-state index contributed by atoms with van der Waals surface area (Å²) in [6.45, 7) is 4.53. The van der Waals surface area contributed by atoms with Crippen LogP contribution < -0.4 is 0 Å². The number of carbonyl (C=O) groups excluding carboxylic acids is 2. The molecule has 0 N–H and O–H groups in total. The van der Waals surface area contributed by atoms with E-state index < -0.39 is 0 Å². The molecule has 1 atom stereocenters. The number of likely N-dealkylation sites (tertiary alicyclic amines) is 1. The molecule has 3 heterocycles. The van der Waals surface area contributed by atoms with Crippen LogP contribution in [0.2, 0.25) is 0 Å². The molecule has 1 aromatic heterocycles. The molecule has 1 unspecified atom stereocenters. The van der Waals surface area contributed by atoms with Crippen LogP contribution in [0.4, 0.5) is 0 Å². The Hall–Kier alpha value is -1.89. The van der Waals surface area contributed by atoms with Crippen LogP contribution in [0.5, 0.6) is 0 Å². The van der Waals surface area contributed by atoms with Crippen LogP contribution in [0.25, 0.3) is 0 Å². The minimum absolute atomic E-state index is 0.0809. The molecule has 7 heteroatoms. The smallest absolute Gasteiger partial charge is 0.248 e. The van der Waals surface area contributed by atoms with Crippen LogP contribution in [-0.2, 0) is 27.8 Å². The van der Waals surface area contributed by atoms with E-state index in [2.05, 4.69) is 12.0 Å². The third-order valence-electron chi connectivity index (χ3n) is 6.25. The van der Waals surface area contributed by atoms with Gasteiger partial charge in [-0.1, -0.05) is 0 Å². The maximum Gasteiger partial charge on any atom is 0.248 e. The number of aryl methyl sites for hydroxylation is 1. The number of hydrogen-bond acceptors (Lipinski definition) is 4. The van der Waals surface area contributed by atoms with Crippen molar-refractivity contribution >= 4 is 11.8 Å². The Morgan fingerprint density at radius 2 is 2.08 bits per heavy atom. The number of piperidine rings is 1. The van der Waals surface area contributed by atoms with E-state index in [1.807, 2.05) is 29.1 Å². The standard InChI is InChI=1S/C19H28N4O3/c1-14-19(26-13-18(25)23(14)12-15-3-4-15)6-9-22(10-7-19)17(24)11-16-5-8-21(2)20-16/h5,8,14-15H,3-4,6-7,9-13H2,1-2H3. The van der Waals surface area contributed by atoms with Gasteiger partial charge in [-0.15, -0.1) is 0 Å². The maximum absolute atomic E-state index is 12.6. The van der Waals surface area contributed by atoms with E-state index in [0.29, 0.717) is 25.4 Å². The Kier molecular flexibility index (Phi) is 4.50. The van der Waals surface area contributed by atoms with Gasteiger partial charge in [-0.25, -0.2) is 0 Å². The van der Waals surface area contributed by atoms with Crippen LogP contribution in [0.3, 0.4) is 0 Å². The fourth-order valence-corrected chi connectivity index (χ4v) is 4.27. The van der Waals surface area contributed by atoms with Crippen molar-refractivity contribution in [3.05, 3.63) is 18.0 Å². The zero-order valence-corrected chi connectivity index (χ0v) is 15.7. The highest BCUT2D eigenvalue weighted by Gasteiger charge is 2.49. The zero-order valence-electron chi connectivity index (χ0n) is 15.7. The molecule has 7 nitrogen and oxygen atoms in total. The molecule has 3 aliphatic rings. The summed E-state index contributed by atoms with van der Waals surface area (Å²) < 4.78 is 7.79. The predicted octanol–water partition coefficient (Wildman–Crippen LogP) is 0.981. The number of carbonyl (C=O) groups is 2. The first-order valence-corrected chi connectivity index (χ1v) is 9.66.